The minimum Gasteiger partial charge on any atom is -0.535 e. The molecule has 2 aromatic heterocycles. The number of ether oxygens (including phenoxy) is 1. The SMILES string of the molecule is Cc1nc(/C(=N/OCC2CCN(C(=O)OC(C)(C)C)CC2)C(=O)O)cs1.Nc1nc(/C(=N/OCC2CCNCC2)C(=O)C[C@H]2Cc3cccc(C(=O)O)c3OB2O)cs1. The number of hydrogen-bond donors (Lipinski definition) is 5. The molecule has 2 saturated heterocycles. The molecule has 0 saturated carbocycles. The molecular weight excluding hydrogens is 805 g/mol. The number of carboxylic acid groups (broad SMARTS) is 2. The lowest BCUT2D eigenvalue weighted by Crippen LogP contribution is -2.42. The number of fused-ring (bicyclic) bond motifs is 1. The second kappa shape index (κ2) is 20.7. The summed E-state index contributed by atoms with van der Waals surface area (Å²) in [5.74, 6) is -2.56. The molecule has 18 nitrogen and oxygen atoms in total. The van der Waals surface area contributed by atoms with E-state index in [4.69, 9.17) is 24.8 Å². The van der Waals surface area contributed by atoms with E-state index in [1.807, 2.05) is 20.8 Å². The van der Waals surface area contributed by atoms with Gasteiger partial charge in [-0.05, 0) is 96.4 Å². The van der Waals surface area contributed by atoms with E-state index >= 15 is 0 Å². The number of nitrogens with two attached hydrogens (primary N) is 1. The number of rotatable bonds is 13. The summed E-state index contributed by atoms with van der Waals surface area (Å²) in [7, 11) is -1.33. The molecule has 5 heterocycles. The standard InChI is InChI=1S/C21H25BN4O6S.C17H25N3O5S/c23-21-25-16(11-33-21)18(26-31-10-12-4-6-24-7-5-12)17(27)9-14-8-13-2-1-3-15(20(28)29)19(13)32-22(14)30;1-11-18-13(10-26-11)14(15(21)22)19-24-9-12-5-7-20(8-6-12)16(23)25-17(2,3)4/h1-3,11-12,14,24,30H,4-10H2,(H2,23,25)(H,28,29);10,12H,5-9H2,1-4H3,(H,21,22)/b26-18-;19-14-/t14-;/m1./s1. The molecule has 0 bridgehead atoms. The zero-order valence-corrected chi connectivity index (χ0v) is 35.1. The predicted octanol–water partition coefficient (Wildman–Crippen LogP) is 4.49. The van der Waals surface area contributed by atoms with Crippen LogP contribution in [0.1, 0.15) is 85.2 Å². The third-order valence-electron chi connectivity index (χ3n) is 9.65. The lowest BCUT2D eigenvalue weighted by Gasteiger charge is -2.32. The molecular formula is C38H50BN7O11S2. The number of hydrogen-bond acceptors (Lipinski definition) is 17. The molecule has 0 spiro atoms. The summed E-state index contributed by atoms with van der Waals surface area (Å²) < 4.78 is 10.9. The van der Waals surface area contributed by atoms with Crippen LogP contribution in [0.15, 0.2) is 39.3 Å². The number of aliphatic carboxylic acids is 1. The Bertz CT molecular complexity index is 2000. The number of Topliss-reactive ketones (excluding diaryl/α,β-unsaturated/α-hetero) is 1. The highest BCUT2D eigenvalue weighted by atomic mass is 32.1. The monoisotopic (exact) mass is 855 g/mol. The van der Waals surface area contributed by atoms with Gasteiger partial charge in [0.15, 0.2) is 16.6 Å². The Labute approximate surface area is 349 Å². The van der Waals surface area contributed by atoms with Crippen molar-refractivity contribution in [3.05, 3.63) is 56.5 Å². The Morgan fingerprint density at radius 3 is 2.17 bits per heavy atom. The zero-order valence-electron chi connectivity index (χ0n) is 33.4. The van der Waals surface area contributed by atoms with Crippen molar-refractivity contribution in [1.29, 1.82) is 0 Å². The van der Waals surface area contributed by atoms with Gasteiger partial charge in [-0.3, -0.25) is 4.79 Å². The van der Waals surface area contributed by atoms with Crippen molar-refractivity contribution in [2.45, 2.75) is 77.6 Å². The number of aromatic nitrogens is 2. The highest BCUT2D eigenvalue weighted by Crippen LogP contribution is 2.36. The number of thiazole rings is 2. The summed E-state index contributed by atoms with van der Waals surface area (Å²) in [6.07, 6.45) is 3.37. The van der Waals surface area contributed by atoms with E-state index < -0.39 is 30.5 Å². The quantitative estimate of drug-likeness (QED) is 0.0902. The number of nitrogens with one attached hydrogen (secondary N) is 1. The number of anilines is 1. The molecule has 6 N–H and O–H groups in total. The summed E-state index contributed by atoms with van der Waals surface area (Å²) in [6, 6.07) is 4.75. The molecule has 59 heavy (non-hydrogen) atoms. The molecule has 1 aromatic carbocycles. The number of likely N-dealkylation sites (tertiary alicyclic amines) is 1. The maximum atomic E-state index is 13.2. The Morgan fingerprint density at radius 2 is 1.59 bits per heavy atom. The van der Waals surface area contributed by atoms with Crippen molar-refractivity contribution in [3.63, 3.8) is 0 Å². The number of nitrogen functional groups attached to an aromatic ring is 1. The average molecular weight is 856 g/mol. The molecule has 3 aliphatic rings. The van der Waals surface area contributed by atoms with E-state index in [9.17, 15) is 34.4 Å². The van der Waals surface area contributed by atoms with Crippen LogP contribution in [-0.2, 0) is 30.4 Å². The van der Waals surface area contributed by atoms with Crippen LogP contribution in [0.5, 0.6) is 5.75 Å². The van der Waals surface area contributed by atoms with Gasteiger partial charge in [-0.25, -0.2) is 24.4 Å². The van der Waals surface area contributed by atoms with E-state index in [-0.39, 0.29) is 53.4 Å². The van der Waals surface area contributed by atoms with Crippen LogP contribution in [0.4, 0.5) is 9.93 Å². The van der Waals surface area contributed by atoms with E-state index in [0.29, 0.717) is 54.3 Å². The van der Waals surface area contributed by atoms with Crippen molar-refractivity contribution >= 4 is 70.2 Å². The first kappa shape index (κ1) is 45.0. The van der Waals surface area contributed by atoms with Crippen LogP contribution in [0.2, 0.25) is 5.82 Å². The number of benzene rings is 1. The molecule has 3 aromatic rings. The third-order valence-corrected chi connectivity index (χ3v) is 11.1. The Morgan fingerprint density at radius 1 is 0.966 bits per heavy atom. The van der Waals surface area contributed by atoms with Gasteiger partial charge in [0.2, 0.25) is 5.71 Å². The molecule has 0 unspecified atom stereocenters. The normalized spacial score (nSPS) is 17.9. The van der Waals surface area contributed by atoms with Crippen LogP contribution in [0.3, 0.4) is 0 Å². The second-order valence-electron chi connectivity index (χ2n) is 15.4. The molecule has 1 amide bonds. The van der Waals surface area contributed by atoms with Gasteiger partial charge in [0.25, 0.3) is 0 Å². The minimum atomic E-state index is -1.33. The van der Waals surface area contributed by atoms with Crippen molar-refractivity contribution in [2.75, 3.05) is 45.1 Å². The van der Waals surface area contributed by atoms with Gasteiger partial charge in [0.1, 0.15) is 36.0 Å². The van der Waals surface area contributed by atoms with Crippen LogP contribution in [-0.4, -0.2) is 117 Å². The van der Waals surface area contributed by atoms with Crippen molar-refractivity contribution < 1.29 is 53.5 Å². The van der Waals surface area contributed by atoms with E-state index in [1.165, 1.54) is 28.7 Å². The van der Waals surface area contributed by atoms with E-state index in [1.54, 1.807) is 34.7 Å². The second-order valence-corrected chi connectivity index (χ2v) is 17.4. The van der Waals surface area contributed by atoms with Gasteiger partial charge in [-0.15, -0.1) is 22.7 Å². The number of piperidine rings is 2. The van der Waals surface area contributed by atoms with E-state index in [0.717, 1.165) is 43.8 Å². The maximum Gasteiger partial charge on any atom is 0.526 e. The summed E-state index contributed by atoms with van der Waals surface area (Å²) in [4.78, 5) is 68.8. The number of carboxylic acids is 2. The minimum absolute atomic E-state index is 0.0251. The number of aryl methyl sites for hydroxylation is 1. The number of carbonyl (C=O) groups excluding carboxylic acids is 2. The highest BCUT2D eigenvalue weighted by Gasteiger charge is 2.39. The van der Waals surface area contributed by atoms with Crippen LogP contribution < -0.4 is 15.7 Å². The lowest BCUT2D eigenvalue weighted by molar-refractivity contribution is -0.129. The van der Waals surface area contributed by atoms with Crippen LogP contribution in [0, 0.1) is 18.8 Å². The number of nitrogens with zero attached hydrogens (tertiary/aromatic N) is 5. The number of oxime groups is 2. The van der Waals surface area contributed by atoms with Crippen molar-refractivity contribution in [2.24, 2.45) is 22.1 Å². The fourth-order valence-corrected chi connectivity index (χ4v) is 7.68. The first-order chi connectivity index (χ1) is 28.1. The lowest BCUT2D eigenvalue weighted by atomic mass is 9.64. The predicted molar refractivity (Wildman–Crippen MR) is 221 cm³/mol. The molecule has 21 heteroatoms. The van der Waals surface area contributed by atoms with Gasteiger partial charge in [0, 0.05) is 36.1 Å². The molecule has 2 fully saturated rings. The van der Waals surface area contributed by atoms with Gasteiger partial charge >= 0.3 is 25.2 Å². The molecule has 318 valence electrons. The van der Waals surface area contributed by atoms with Crippen LogP contribution >= 0.6 is 22.7 Å². The van der Waals surface area contributed by atoms with Gasteiger partial charge < -0.3 is 50.3 Å². The summed E-state index contributed by atoms with van der Waals surface area (Å²) in [5, 5.41) is 44.6. The number of aromatic carboxylic acids is 1. The number of amides is 1. The fraction of sp³-hybridized carbons (Fsp3) is 0.526. The zero-order chi connectivity index (χ0) is 42.7. The highest BCUT2D eigenvalue weighted by molar-refractivity contribution is 7.13. The topological polar surface area (TPSA) is 258 Å². The Hall–Kier alpha value is -5.12. The van der Waals surface area contributed by atoms with Crippen LogP contribution in [0.25, 0.3) is 0 Å². The summed E-state index contributed by atoms with van der Waals surface area (Å²) in [5.41, 5.74) is 6.32. The summed E-state index contributed by atoms with van der Waals surface area (Å²) in [6.45, 7) is 11.1. The van der Waals surface area contributed by atoms with Gasteiger partial charge in [-0.2, -0.15) is 0 Å². The average Bonchev–Trinajstić information content (AvgIpc) is 3.82. The van der Waals surface area contributed by atoms with Gasteiger partial charge in [-0.1, -0.05) is 22.4 Å². The number of para-hydroxylation sites is 1. The first-order valence-electron chi connectivity index (χ1n) is 19.3. The molecule has 1 atom stereocenters. The van der Waals surface area contributed by atoms with Crippen molar-refractivity contribution in [1.82, 2.24) is 20.2 Å². The summed E-state index contributed by atoms with van der Waals surface area (Å²) >= 11 is 2.55. The number of carbonyl (C=O) groups is 4. The number of ketones is 1. The largest absolute Gasteiger partial charge is 0.535 e. The van der Waals surface area contributed by atoms with Gasteiger partial charge in [0.05, 0.1) is 10.6 Å². The Balaban J connectivity index is 0.000000231. The molecule has 0 radical (unpaired) electrons. The maximum absolute atomic E-state index is 13.2. The van der Waals surface area contributed by atoms with E-state index in [2.05, 4.69) is 25.6 Å². The van der Waals surface area contributed by atoms with Crippen molar-refractivity contribution in [3.8, 4) is 5.75 Å². The molecule has 6 rings (SSSR count). The molecule has 0 aliphatic carbocycles. The Kier molecular flexibility index (Phi) is 15.8. The first-order valence-corrected chi connectivity index (χ1v) is 21.0. The third kappa shape index (κ3) is 13.2. The smallest absolute Gasteiger partial charge is 0.526 e. The molecule has 3 aliphatic heterocycles. The fourth-order valence-electron chi connectivity index (χ4n) is 6.54.